The van der Waals surface area contributed by atoms with Gasteiger partial charge in [-0.2, -0.15) is 0 Å². The molecule has 1 aromatic heterocycles. The van der Waals surface area contributed by atoms with Crippen LogP contribution in [0.15, 0.2) is 29.2 Å². The van der Waals surface area contributed by atoms with Crippen molar-refractivity contribution >= 4 is 38.2 Å². The van der Waals surface area contributed by atoms with Crippen molar-refractivity contribution < 1.29 is 27.6 Å². The van der Waals surface area contributed by atoms with Crippen LogP contribution >= 0.6 is 11.3 Å². The zero-order chi connectivity index (χ0) is 21.3. The number of benzene rings is 1. The molecule has 1 aliphatic heterocycles. The molecule has 0 spiro atoms. The molecule has 1 aliphatic rings. The number of nitrogens with zero attached hydrogens (tertiary/aromatic N) is 1. The summed E-state index contributed by atoms with van der Waals surface area (Å²) in [5.74, 6) is -0.881. The summed E-state index contributed by atoms with van der Waals surface area (Å²) in [7, 11) is 2.73. The van der Waals surface area contributed by atoms with E-state index in [1.165, 1.54) is 61.7 Å². The van der Waals surface area contributed by atoms with E-state index in [1.807, 2.05) is 0 Å². The first-order valence-corrected chi connectivity index (χ1v) is 11.3. The van der Waals surface area contributed by atoms with Gasteiger partial charge in [-0.05, 0) is 29.8 Å². The number of fused-ring (bicyclic) bond motifs is 1. The van der Waals surface area contributed by atoms with Crippen molar-refractivity contribution in [3.05, 3.63) is 45.8 Å². The molecule has 10 heteroatoms. The number of hydrogen-bond donors (Lipinski definition) is 2. The second-order valence-electron chi connectivity index (χ2n) is 7.10. The number of hydrogen-bond acceptors (Lipinski definition) is 6. The molecule has 0 bridgehead atoms. The lowest BCUT2D eigenvalue weighted by Gasteiger charge is -2.19. The van der Waals surface area contributed by atoms with Crippen molar-refractivity contribution in [2.24, 2.45) is 0 Å². The van der Waals surface area contributed by atoms with Crippen LogP contribution in [0.1, 0.15) is 31.2 Å². The molecule has 1 atom stereocenters. The van der Waals surface area contributed by atoms with Crippen LogP contribution in [0.25, 0.3) is 0 Å². The fourth-order valence-corrected chi connectivity index (χ4v) is 5.44. The van der Waals surface area contributed by atoms with Gasteiger partial charge in [0.2, 0.25) is 10.0 Å². The SMILES string of the molecule is COC(=O)c1c(NC(=O)c2ccc(S(=O)(=O)N(C)C)cc2)sc2c1CC[NH+](C)C2. The average Bonchev–Trinajstić information content (AvgIpc) is 3.04. The Morgan fingerprint density at radius 2 is 1.86 bits per heavy atom. The summed E-state index contributed by atoms with van der Waals surface area (Å²) in [4.78, 5) is 27.6. The lowest BCUT2D eigenvalue weighted by atomic mass is 10.0. The molecule has 0 radical (unpaired) electrons. The number of esters is 1. The van der Waals surface area contributed by atoms with Crippen molar-refractivity contribution in [1.82, 2.24) is 4.31 Å². The first-order chi connectivity index (χ1) is 13.6. The molecule has 1 amide bonds. The first-order valence-electron chi connectivity index (χ1n) is 9.03. The van der Waals surface area contributed by atoms with Crippen molar-refractivity contribution in [3.63, 3.8) is 0 Å². The third kappa shape index (κ3) is 4.20. The minimum atomic E-state index is -3.57. The third-order valence-corrected chi connectivity index (χ3v) is 7.84. The molecule has 2 aromatic rings. The number of likely N-dealkylation sites (N-methyl/N-ethyl adjacent to an activating group) is 1. The van der Waals surface area contributed by atoms with Crippen LogP contribution < -0.4 is 10.2 Å². The molecule has 156 valence electrons. The monoisotopic (exact) mass is 438 g/mol. The van der Waals surface area contributed by atoms with Gasteiger partial charge in [0.1, 0.15) is 11.5 Å². The summed E-state index contributed by atoms with van der Waals surface area (Å²) in [5, 5.41) is 3.27. The Morgan fingerprint density at radius 3 is 2.45 bits per heavy atom. The number of sulfonamides is 1. The number of carbonyl (C=O) groups excluding carboxylic acids is 2. The molecule has 8 nitrogen and oxygen atoms in total. The Bertz CT molecular complexity index is 1040. The van der Waals surface area contributed by atoms with Gasteiger partial charge < -0.3 is 15.0 Å². The van der Waals surface area contributed by atoms with E-state index >= 15 is 0 Å². The van der Waals surface area contributed by atoms with Crippen molar-refractivity contribution in [1.29, 1.82) is 0 Å². The molecular weight excluding hydrogens is 414 g/mol. The Labute approximate surface area is 174 Å². The van der Waals surface area contributed by atoms with E-state index in [2.05, 4.69) is 12.4 Å². The van der Waals surface area contributed by atoms with Crippen LogP contribution in [0.3, 0.4) is 0 Å². The van der Waals surface area contributed by atoms with Gasteiger partial charge >= 0.3 is 5.97 Å². The Hall–Kier alpha value is -2.27. The summed E-state index contributed by atoms with van der Waals surface area (Å²) in [6.07, 6.45) is 0.745. The lowest BCUT2D eigenvalue weighted by molar-refractivity contribution is -0.895. The average molecular weight is 439 g/mol. The minimum absolute atomic E-state index is 0.104. The molecule has 29 heavy (non-hydrogen) atoms. The summed E-state index contributed by atoms with van der Waals surface area (Å²) in [6.45, 7) is 1.69. The summed E-state index contributed by atoms with van der Waals surface area (Å²) < 4.78 is 30.4. The van der Waals surface area contributed by atoms with E-state index in [4.69, 9.17) is 4.74 Å². The smallest absolute Gasteiger partial charge is 0.341 e. The van der Waals surface area contributed by atoms with Crippen LogP contribution in [-0.4, -0.2) is 59.4 Å². The number of ether oxygens (including phenoxy) is 1. The number of amides is 1. The van der Waals surface area contributed by atoms with Crippen LogP contribution in [0.4, 0.5) is 5.00 Å². The van der Waals surface area contributed by atoms with Crippen molar-refractivity contribution in [3.8, 4) is 0 Å². The molecule has 2 heterocycles. The number of carbonyl (C=O) groups is 2. The van der Waals surface area contributed by atoms with Gasteiger partial charge in [-0.3, -0.25) is 4.79 Å². The Kier molecular flexibility index (Phi) is 6.08. The van der Waals surface area contributed by atoms with Gasteiger partial charge in [0, 0.05) is 26.1 Å². The van der Waals surface area contributed by atoms with Crippen molar-refractivity contribution in [2.75, 3.05) is 40.1 Å². The summed E-state index contributed by atoms with van der Waals surface area (Å²) in [5.41, 5.74) is 1.66. The van der Waals surface area contributed by atoms with E-state index < -0.39 is 21.9 Å². The molecule has 1 unspecified atom stereocenters. The predicted octanol–water partition coefficient (Wildman–Crippen LogP) is 0.608. The Balaban J connectivity index is 1.88. The van der Waals surface area contributed by atoms with Gasteiger partial charge in [-0.25, -0.2) is 17.5 Å². The number of thiophene rings is 1. The first kappa shape index (κ1) is 21.4. The quantitative estimate of drug-likeness (QED) is 0.667. The highest BCUT2D eigenvalue weighted by molar-refractivity contribution is 7.89. The molecule has 0 saturated heterocycles. The third-order valence-electron chi connectivity index (χ3n) is 4.87. The number of nitrogens with one attached hydrogen (secondary N) is 2. The second kappa shape index (κ2) is 8.23. The summed E-state index contributed by atoms with van der Waals surface area (Å²) in [6, 6.07) is 5.69. The van der Waals surface area contributed by atoms with Gasteiger partial charge in [-0.1, -0.05) is 0 Å². The van der Waals surface area contributed by atoms with Crippen LogP contribution in [-0.2, 0) is 27.7 Å². The van der Waals surface area contributed by atoms with E-state index in [0.717, 1.165) is 34.3 Å². The number of methoxy groups -OCH3 is 1. The standard InChI is InChI=1S/C19H23N3O5S2/c1-21(2)29(25,26)13-7-5-12(6-8-13)17(23)20-18-16(19(24)27-4)14-9-10-22(3)11-15(14)28-18/h5-8H,9-11H2,1-4H3,(H,20,23)/p+1. The van der Waals surface area contributed by atoms with Crippen LogP contribution in [0.2, 0.25) is 0 Å². The van der Waals surface area contributed by atoms with Gasteiger partial charge in [0.05, 0.1) is 36.0 Å². The minimum Gasteiger partial charge on any atom is -0.465 e. The molecule has 3 rings (SSSR count). The zero-order valence-electron chi connectivity index (χ0n) is 16.7. The van der Waals surface area contributed by atoms with Crippen LogP contribution in [0, 0.1) is 0 Å². The lowest BCUT2D eigenvalue weighted by Crippen LogP contribution is -3.08. The zero-order valence-corrected chi connectivity index (χ0v) is 18.4. The van der Waals surface area contributed by atoms with Gasteiger partial charge in [0.25, 0.3) is 5.91 Å². The van der Waals surface area contributed by atoms with Gasteiger partial charge in [0.15, 0.2) is 0 Å². The number of rotatable bonds is 5. The maximum absolute atomic E-state index is 12.7. The fourth-order valence-electron chi connectivity index (χ4n) is 3.19. The highest BCUT2D eigenvalue weighted by Gasteiger charge is 2.30. The summed E-state index contributed by atoms with van der Waals surface area (Å²) >= 11 is 1.39. The van der Waals surface area contributed by atoms with E-state index in [-0.39, 0.29) is 4.90 Å². The fraction of sp³-hybridized carbons (Fsp3) is 0.368. The molecular formula is C19H24N3O5S2+. The van der Waals surface area contributed by atoms with Gasteiger partial charge in [-0.15, -0.1) is 11.3 Å². The van der Waals surface area contributed by atoms with E-state index in [0.29, 0.717) is 16.1 Å². The van der Waals surface area contributed by atoms with Crippen LogP contribution in [0.5, 0.6) is 0 Å². The predicted molar refractivity (Wildman–Crippen MR) is 110 cm³/mol. The molecule has 1 aromatic carbocycles. The number of anilines is 1. The highest BCUT2D eigenvalue weighted by atomic mass is 32.2. The normalized spacial score (nSPS) is 16.4. The highest BCUT2D eigenvalue weighted by Crippen LogP contribution is 2.35. The molecule has 0 saturated carbocycles. The molecule has 2 N–H and O–H groups in total. The maximum Gasteiger partial charge on any atom is 0.341 e. The second-order valence-corrected chi connectivity index (χ2v) is 10.4. The van der Waals surface area contributed by atoms with Crippen molar-refractivity contribution in [2.45, 2.75) is 17.9 Å². The molecule has 0 fully saturated rings. The maximum atomic E-state index is 12.7. The van der Waals surface area contributed by atoms with E-state index in [9.17, 15) is 18.0 Å². The number of quaternary nitrogens is 1. The van der Waals surface area contributed by atoms with E-state index in [1.54, 1.807) is 0 Å². The largest absolute Gasteiger partial charge is 0.465 e. The Morgan fingerprint density at radius 1 is 1.21 bits per heavy atom. The molecule has 0 aliphatic carbocycles. The topological polar surface area (TPSA) is 97.2 Å².